The van der Waals surface area contributed by atoms with Gasteiger partial charge in [-0.15, -0.1) is 0 Å². The number of benzene rings is 4. The molecule has 0 amide bonds. The number of hydrogen-bond donors (Lipinski definition) is 0. The highest BCUT2D eigenvalue weighted by Crippen LogP contribution is 2.30. The van der Waals surface area contributed by atoms with Crippen LogP contribution in [0.2, 0.25) is 0 Å². The summed E-state index contributed by atoms with van der Waals surface area (Å²) >= 11 is 0. The van der Waals surface area contributed by atoms with Gasteiger partial charge in [0.2, 0.25) is 0 Å². The maximum atomic E-state index is 6.17. The summed E-state index contributed by atoms with van der Waals surface area (Å²) in [5.41, 5.74) is 3.80. The number of hydrogen-bond acceptors (Lipinski definition) is 1. The van der Waals surface area contributed by atoms with E-state index in [0.717, 1.165) is 5.75 Å². The average Bonchev–Trinajstić information content (AvgIpc) is 2.59. The molecule has 0 spiro atoms. The van der Waals surface area contributed by atoms with Crippen LogP contribution in [-0.4, -0.2) is 0 Å². The molecule has 0 radical (unpaired) electrons. The van der Waals surface area contributed by atoms with E-state index in [9.17, 15) is 0 Å². The molecule has 0 aliphatic carbocycles. The molecule has 4 aromatic carbocycles. The van der Waals surface area contributed by atoms with E-state index in [1.807, 2.05) is 0 Å². The molecule has 0 fully saturated rings. The fraction of sp³-hybridized carbons (Fsp3) is 0.130. The summed E-state index contributed by atoms with van der Waals surface area (Å²) in [6.45, 7) is 4.85. The van der Waals surface area contributed by atoms with Gasteiger partial charge in [-0.25, -0.2) is 0 Å². The molecule has 4 rings (SSSR count). The molecule has 24 heavy (non-hydrogen) atoms. The molecule has 0 aliphatic rings. The molecular formula is C23H20O. The summed E-state index contributed by atoms with van der Waals surface area (Å²) in [5, 5.41) is 4.89. The third kappa shape index (κ3) is 2.74. The third-order valence-electron chi connectivity index (χ3n) is 4.59. The predicted octanol–water partition coefficient (Wildman–Crippen LogP) is 6.19. The Hall–Kier alpha value is -2.80. The second-order valence-corrected chi connectivity index (χ2v) is 6.40. The van der Waals surface area contributed by atoms with Crippen LogP contribution in [0.25, 0.3) is 21.5 Å². The van der Waals surface area contributed by atoms with Crippen molar-refractivity contribution in [2.75, 3.05) is 0 Å². The van der Waals surface area contributed by atoms with Crippen LogP contribution in [0.15, 0.2) is 72.8 Å². The van der Waals surface area contributed by atoms with Crippen molar-refractivity contribution in [2.45, 2.75) is 20.5 Å². The van der Waals surface area contributed by atoms with E-state index in [1.165, 1.54) is 38.2 Å². The zero-order valence-corrected chi connectivity index (χ0v) is 14.0. The number of aryl methyl sites for hydroxylation is 2. The van der Waals surface area contributed by atoms with Gasteiger partial charge in [0.1, 0.15) is 12.4 Å². The Kier molecular flexibility index (Phi) is 3.70. The van der Waals surface area contributed by atoms with Gasteiger partial charge < -0.3 is 4.74 Å². The van der Waals surface area contributed by atoms with Crippen molar-refractivity contribution in [1.29, 1.82) is 0 Å². The molecule has 0 bridgehead atoms. The quantitative estimate of drug-likeness (QED) is 0.410. The molecule has 118 valence electrons. The highest BCUT2D eigenvalue weighted by molar-refractivity contribution is 6.00. The van der Waals surface area contributed by atoms with Crippen LogP contribution in [0.5, 0.6) is 5.75 Å². The largest absolute Gasteiger partial charge is 0.488 e. The molecular weight excluding hydrogens is 292 g/mol. The Bertz CT molecular complexity index is 1030. The van der Waals surface area contributed by atoms with E-state index in [2.05, 4.69) is 86.6 Å². The predicted molar refractivity (Wildman–Crippen MR) is 102 cm³/mol. The van der Waals surface area contributed by atoms with E-state index in [0.29, 0.717) is 6.61 Å². The maximum Gasteiger partial charge on any atom is 0.127 e. The summed E-state index contributed by atoms with van der Waals surface area (Å²) in [5.74, 6) is 0.943. The molecule has 0 aliphatic heterocycles. The van der Waals surface area contributed by atoms with Gasteiger partial charge in [-0.3, -0.25) is 0 Å². The lowest BCUT2D eigenvalue weighted by Crippen LogP contribution is -1.98. The Morgan fingerprint density at radius 3 is 2.25 bits per heavy atom. The number of rotatable bonds is 3. The van der Waals surface area contributed by atoms with Crippen LogP contribution in [0.4, 0.5) is 0 Å². The molecule has 0 atom stereocenters. The SMILES string of the molecule is Cc1ccc(COc2cccc3cc4ccccc4cc23)c(C)c1. The number of fused-ring (bicyclic) bond motifs is 2. The van der Waals surface area contributed by atoms with Gasteiger partial charge in [0, 0.05) is 5.39 Å². The van der Waals surface area contributed by atoms with Crippen LogP contribution >= 0.6 is 0 Å². The lowest BCUT2D eigenvalue weighted by atomic mass is 10.0. The minimum absolute atomic E-state index is 0.595. The van der Waals surface area contributed by atoms with Crippen LogP contribution in [0.1, 0.15) is 16.7 Å². The van der Waals surface area contributed by atoms with E-state index in [4.69, 9.17) is 4.74 Å². The topological polar surface area (TPSA) is 9.23 Å². The molecule has 0 aromatic heterocycles. The highest BCUT2D eigenvalue weighted by Gasteiger charge is 2.06. The Morgan fingerprint density at radius 1 is 0.708 bits per heavy atom. The molecule has 0 N–H and O–H groups in total. The van der Waals surface area contributed by atoms with Crippen LogP contribution in [0, 0.1) is 13.8 Å². The first-order valence-corrected chi connectivity index (χ1v) is 8.31. The zero-order valence-electron chi connectivity index (χ0n) is 14.0. The fourth-order valence-electron chi connectivity index (χ4n) is 3.23. The van der Waals surface area contributed by atoms with Crippen LogP contribution in [-0.2, 0) is 6.61 Å². The van der Waals surface area contributed by atoms with Crippen LogP contribution in [0.3, 0.4) is 0 Å². The van der Waals surface area contributed by atoms with Crippen LogP contribution < -0.4 is 4.74 Å². The van der Waals surface area contributed by atoms with Gasteiger partial charge in [-0.2, -0.15) is 0 Å². The van der Waals surface area contributed by atoms with Gasteiger partial charge in [0.15, 0.2) is 0 Å². The van der Waals surface area contributed by atoms with Crippen molar-refractivity contribution < 1.29 is 4.74 Å². The summed E-state index contributed by atoms with van der Waals surface area (Å²) in [6.07, 6.45) is 0. The first kappa shape index (κ1) is 14.8. The third-order valence-corrected chi connectivity index (χ3v) is 4.59. The standard InChI is InChI=1S/C23H20O/c1-16-10-11-21(17(2)12-16)15-24-23-9-5-8-20-13-18-6-3-4-7-19(18)14-22(20)23/h3-14H,15H2,1-2H3. The normalized spacial score (nSPS) is 11.1. The van der Waals surface area contributed by atoms with E-state index < -0.39 is 0 Å². The van der Waals surface area contributed by atoms with Gasteiger partial charge in [0.25, 0.3) is 0 Å². The summed E-state index contributed by atoms with van der Waals surface area (Å²) in [4.78, 5) is 0. The fourth-order valence-corrected chi connectivity index (χ4v) is 3.23. The van der Waals surface area contributed by atoms with Gasteiger partial charge in [-0.05, 0) is 59.3 Å². The second kappa shape index (κ2) is 6.01. The first-order valence-electron chi connectivity index (χ1n) is 8.31. The molecule has 1 nitrogen and oxygen atoms in total. The van der Waals surface area contributed by atoms with Crippen molar-refractivity contribution in [2.24, 2.45) is 0 Å². The minimum atomic E-state index is 0.595. The lowest BCUT2D eigenvalue weighted by Gasteiger charge is -2.12. The van der Waals surface area contributed by atoms with Gasteiger partial charge >= 0.3 is 0 Å². The van der Waals surface area contributed by atoms with Crippen molar-refractivity contribution in [3.05, 3.63) is 89.5 Å². The van der Waals surface area contributed by atoms with E-state index in [-0.39, 0.29) is 0 Å². The van der Waals surface area contributed by atoms with Gasteiger partial charge in [0.05, 0.1) is 0 Å². The Balaban J connectivity index is 1.72. The summed E-state index contributed by atoms with van der Waals surface area (Å²) < 4.78 is 6.17. The molecule has 0 heterocycles. The number of ether oxygens (including phenoxy) is 1. The summed E-state index contributed by atoms with van der Waals surface area (Å²) in [7, 11) is 0. The molecule has 1 heteroatoms. The van der Waals surface area contributed by atoms with E-state index in [1.54, 1.807) is 0 Å². The van der Waals surface area contributed by atoms with Crippen molar-refractivity contribution in [3.8, 4) is 5.75 Å². The Morgan fingerprint density at radius 2 is 1.46 bits per heavy atom. The Labute approximate surface area is 142 Å². The summed E-state index contributed by atoms with van der Waals surface area (Å²) in [6, 6.07) is 25.7. The minimum Gasteiger partial charge on any atom is -0.488 e. The van der Waals surface area contributed by atoms with Crippen molar-refractivity contribution >= 4 is 21.5 Å². The molecule has 4 aromatic rings. The van der Waals surface area contributed by atoms with Crippen molar-refractivity contribution in [1.82, 2.24) is 0 Å². The van der Waals surface area contributed by atoms with Gasteiger partial charge in [-0.1, -0.05) is 60.2 Å². The van der Waals surface area contributed by atoms with E-state index >= 15 is 0 Å². The maximum absolute atomic E-state index is 6.17. The zero-order chi connectivity index (χ0) is 16.5. The lowest BCUT2D eigenvalue weighted by molar-refractivity contribution is 0.309. The highest BCUT2D eigenvalue weighted by atomic mass is 16.5. The second-order valence-electron chi connectivity index (χ2n) is 6.40. The molecule has 0 saturated heterocycles. The molecule has 0 saturated carbocycles. The monoisotopic (exact) mass is 312 g/mol. The molecule has 0 unspecified atom stereocenters. The first-order chi connectivity index (χ1) is 11.7. The average molecular weight is 312 g/mol. The van der Waals surface area contributed by atoms with Crippen molar-refractivity contribution in [3.63, 3.8) is 0 Å². The smallest absolute Gasteiger partial charge is 0.127 e.